The highest BCUT2D eigenvalue weighted by molar-refractivity contribution is 5.56. The van der Waals surface area contributed by atoms with Crippen LogP contribution in [-0.4, -0.2) is 14.8 Å². The third-order valence-corrected chi connectivity index (χ3v) is 2.83. The van der Waals surface area contributed by atoms with Gasteiger partial charge in [0.05, 0.1) is 12.1 Å². The van der Waals surface area contributed by atoms with Crippen LogP contribution in [-0.2, 0) is 13.1 Å². The fraction of sp³-hybridized carbons (Fsp3) is 0.385. The molecule has 2 N–H and O–H groups in total. The van der Waals surface area contributed by atoms with Gasteiger partial charge in [-0.1, -0.05) is 13.8 Å². The summed E-state index contributed by atoms with van der Waals surface area (Å²) in [6.07, 6.45) is 0. The van der Waals surface area contributed by atoms with E-state index in [9.17, 15) is 13.2 Å². The average molecular weight is 284 g/mol. The smallest absolute Gasteiger partial charge is 0.195 e. The number of aromatic nitrogens is 3. The van der Waals surface area contributed by atoms with Crippen LogP contribution >= 0.6 is 0 Å². The maximum Gasteiger partial charge on any atom is 0.195 e. The van der Waals surface area contributed by atoms with Crippen molar-refractivity contribution in [3.05, 3.63) is 35.4 Å². The van der Waals surface area contributed by atoms with Crippen LogP contribution < -0.4 is 5.73 Å². The molecule has 0 amide bonds. The Balaban J connectivity index is 2.58. The van der Waals surface area contributed by atoms with E-state index >= 15 is 0 Å². The van der Waals surface area contributed by atoms with E-state index in [0.717, 1.165) is 12.1 Å². The number of halogens is 3. The van der Waals surface area contributed by atoms with E-state index in [0.29, 0.717) is 12.4 Å². The predicted molar refractivity (Wildman–Crippen MR) is 68.1 cm³/mol. The van der Waals surface area contributed by atoms with E-state index in [1.807, 2.05) is 13.8 Å². The summed E-state index contributed by atoms with van der Waals surface area (Å²) in [7, 11) is 0. The quantitative estimate of drug-likeness (QED) is 0.877. The van der Waals surface area contributed by atoms with Crippen LogP contribution in [0.5, 0.6) is 0 Å². The molecule has 7 heteroatoms. The molecule has 4 nitrogen and oxygen atoms in total. The van der Waals surface area contributed by atoms with Gasteiger partial charge in [0.1, 0.15) is 5.82 Å². The average Bonchev–Trinajstić information content (AvgIpc) is 2.78. The number of rotatable bonds is 4. The molecule has 0 spiro atoms. The predicted octanol–water partition coefficient (Wildman–Crippen LogP) is 2.48. The summed E-state index contributed by atoms with van der Waals surface area (Å²) in [4.78, 5) is 0. The fourth-order valence-corrected chi connectivity index (χ4v) is 1.94. The first-order valence-electron chi connectivity index (χ1n) is 6.21. The molecular weight excluding hydrogens is 269 g/mol. The summed E-state index contributed by atoms with van der Waals surface area (Å²) in [5, 5.41) is 7.71. The second-order valence-electron chi connectivity index (χ2n) is 4.87. The SMILES string of the molecule is CC(C)Cn1c(CN)nnc1-c1ccc(F)c(F)c1F. The van der Waals surface area contributed by atoms with E-state index in [2.05, 4.69) is 10.2 Å². The van der Waals surface area contributed by atoms with Gasteiger partial charge >= 0.3 is 0 Å². The number of hydrogen-bond donors (Lipinski definition) is 1. The summed E-state index contributed by atoms with van der Waals surface area (Å²) >= 11 is 0. The van der Waals surface area contributed by atoms with Crippen molar-refractivity contribution in [2.24, 2.45) is 11.7 Å². The van der Waals surface area contributed by atoms with Crippen molar-refractivity contribution in [3.63, 3.8) is 0 Å². The molecule has 0 saturated carbocycles. The van der Waals surface area contributed by atoms with E-state index < -0.39 is 17.5 Å². The molecule has 2 rings (SSSR count). The molecule has 2 aromatic rings. The van der Waals surface area contributed by atoms with Crippen molar-refractivity contribution in [3.8, 4) is 11.4 Å². The molecule has 0 aliphatic heterocycles. The maximum atomic E-state index is 13.9. The Labute approximate surface area is 114 Å². The van der Waals surface area contributed by atoms with Crippen LogP contribution in [0.1, 0.15) is 19.7 Å². The van der Waals surface area contributed by atoms with Crippen LogP contribution in [0.25, 0.3) is 11.4 Å². The van der Waals surface area contributed by atoms with Gasteiger partial charge in [-0.3, -0.25) is 0 Å². The van der Waals surface area contributed by atoms with Crippen molar-refractivity contribution in [1.82, 2.24) is 14.8 Å². The Bertz CT molecular complexity index is 622. The largest absolute Gasteiger partial charge is 0.324 e. The van der Waals surface area contributed by atoms with Crippen molar-refractivity contribution in [2.75, 3.05) is 0 Å². The zero-order valence-corrected chi connectivity index (χ0v) is 11.2. The van der Waals surface area contributed by atoms with Gasteiger partial charge in [0.15, 0.2) is 23.3 Å². The van der Waals surface area contributed by atoms with Crippen LogP contribution in [0.15, 0.2) is 12.1 Å². The van der Waals surface area contributed by atoms with E-state index in [4.69, 9.17) is 5.73 Å². The molecule has 0 radical (unpaired) electrons. The maximum absolute atomic E-state index is 13.9. The zero-order chi connectivity index (χ0) is 14.9. The lowest BCUT2D eigenvalue weighted by Gasteiger charge is -2.12. The standard InChI is InChI=1S/C13H15F3N4/c1-7(2)6-20-10(5-17)18-19-13(20)8-3-4-9(14)12(16)11(8)15/h3-4,7H,5-6,17H2,1-2H3. The lowest BCUT2D eigenvalue weighted by molar-refractivity contribution is 0.447. The van der Waals surface area contributed by atoms with Gasteiger partial charge in [0, 0.05) is 6.54 Å². The Hall–Kier alpha value is -1.89. The Kier molecular flexibility index (Phi) is 4.08. The highest BCUT2D eigenvalue weighted by Crippen LogP contribution is 2.25. The molecule has 1 heterocycles. The molecular formula is C13H15F3N4. The summed E-state index contributed by atoms with van der Waals surface area (Å²) in [6.45, 7) is 4.57. The van der Waals surface area contributed by atoms with Gasteiger partial charge in [-0.05, 0) is 18.1 Å². The summed E-state index contributed by atoms with van der Waals surface area (Å²) in [6, 6.07) is 2.01. The normalized spacial score (nSPS) is 11.3. The molecule has 0 fully saturated rings. The van der Waals surface area contributed by atoms with Crippen molar-refractivity contribution in [1.29, 1.82) is 0 Å². The first-order valence-corrected chi connectivity index (χ1v) is 6.21. The number of hydrogen-bond acceptors (Lipinski definition) is 3. The van der Waals surface area contributed by atoms with Crippen molar-refractivity contribution >= 4 is 0 Å². The molecule has 0 aliphatic rings. The summed E-state index contributed by atoms with van der Waals surface area (Å²) in [5.41, 5.74) is 5.43. The van der Waals surface area contributed by atoms with Crippen molar-refractivity contribution < 1.29 is 13.2 Å². The molecule has 1 aromatic carbocycles. The van der Waals surface area contributed by atoms with Crippen LogP contribution in [0, 0.1) is 23.4 Å². The van der Waals surface area contributed by atoms with Gasteiger partial charge in [-0.25, -0.2) is 13.2 Å². The highest BCUT2D eigenvalue weighted by atomic mass is 19.2. The molecule has 1 aromatic heterocycles. The Morgan fingerprint density at radius 3 is 2.45 bits per heavy atom. The lowest BCUT2D eigenvalue weighted by Crippen LogP contribution is -2.13. The summed E-state index contributed by atoms with van der Waals surface area (Å²) < 4.78 is 41.8. The van der Waals surface area contributed by atoms with Crippen molar-refractivity contribution in [2.45, 2.75) is 26.9 Å². The first-order chi connectivity index (χ1) is 9.45. The zero-order valence-electron chi connectivity index (χ0n) is 11.2. The Morgan fingerprint density at radius 1 is 1.15 bits per heavy atom. The highest BCUT2D eigenvalue weighted by Gasteiger charge is 2.21. The fourth-order valence-electron chi connectivity index (χ4n) is 1.94. The molecule has 108 valence electrons. The topological polar surface area (TPSA) is 56.7 Å². The minimum atomic E-state index is -1.52. The third kappa shape index (κ3) is 2.53. The summed E-state index contributed by atoms with van der Waals surface area (Å²) in [5.74, 6) is -3.17. The Morgan fingerprint density at radius 2 is 1.85 bits per heavy atom. The van der Waals surface area contributed by atoms with Gasteiger partial charge < -0.3 is 10.3 Å². The van der Waals surface area contributed by atoms with Gasteiger partial charge in [-0.15, -0.1) is 10.2 Å². The van der Waals surface area contributed by atoms with Crippen LogP contribution in [0.4, 0.5) is 13.2 Å². The van der Waals surface area contributed by atoms with E-state index in [1.165, 1.54) is 0 Å². The molecule has 0 atom stereocenters. The second kappa shape index (κ2) is 5.62. The number of nitrogens with two attached hydrogens (primary N) is 1. The number of benzene rings is 1. The van der Waals surface area contributed by atoms with Gasteiger partial charge in [0.25, 0.3) is 0 Å². The van der Waals surface area contributed by atoms with E-state index in [1.54, 1.807) is 4.57 Å². The first kappa shape index (κ1) is 14.5. The minimum Gasteiger partial charge on any atom is -0.324 e. The minimum absolute atomic E-state index is 0.128. The monoisotopic (exact) mass is 284 g/mol. The van der Waals surface area contributed by atoms with E-state index in [-0.39, 0.29) is 23.9 Å². The van der Waals surface area contributed by atoms with Gasteiger partial charge in [-0.2, -0.15) is 0 Å². The molecule has 0 aliphatic carbocycles. The third-order valence-electron chi connectivity index (χ3n) is 2.83. The molecule has 0 unspecified atom stereocenters. The number of nitrogens with zero attached hydrogens (tertiary/aromatic N) is 3. The molecule has 20 heavy (non-hydrogen) atoms. The van der Waals surface area contributed by atoms with Crippen LogP contribution in [0.2, 0.25) is 0 Å². The van der Waals surface area contributed by atoms with Crippen LogP contribution in [0.3, 0.4) is 0 Å². The lowest BCUT2D eigenvalue weighted by atomic mass is 10.1. The molecule has 0 bridgehead atoms. The van der Waals surface area contributed by atoms with Gasteiger partial charge in [0.2, 0.25) is 0 Å². The molecule has 0 saturated heterocycles. The second-order valence-corrected chi connectivity index (χ2v) is 4.87.